The fourth-order valence-corrected chi connectivity index (χ4v) is 1.57. The van der Waals surface area contributed by atoms with Gasteiger partial charge < -0.3 is 9.67 Å². The van der Waals surface area contributed by atoms with Gasteiger partial charge >= 0.3 is 5.97 Å². The third-order valence-electron chi connectivity index (χ3n) is 2.36. The highest BCUT2D eigenvalue weighted by atomic mass is 35.5. The molecule has 1 aromatic heterocycles. The number of fused-ring (bicyclic) bond motifs is 1. The quantitative estimate of drug-likeness (QED) is 0.692. The Morgan fingerprint density at radius 2 is 2.50 bits per heavy atom. The minimum atomic E-state index is -0.799. The molecule has 1 aliphatic rings. The molecule has 2 N–H and O–H groups in total. The van der Waals surface area contributed by atoms with Crippen LogP contribution in [0.25, 0.3) is 0 Å². The number of nitrogens with one attached hydrogen (secondary N) is 1. The number of carbonyl (C=O) groups is 1. The van der Waals surface area contributed by atoms with Gasteiger partial charge in [0, 0.05) is 25.7 Å². The van der Waals surface area contributed by atoms with E-state index in [0.717, 1.165) is 11.4 Å². The third-order valence-corrected chi connectivity index (χ3v) is 2.36. The predicted octanol–water partition coefficient (Wildman–Crippen LogP) is -0.0592. The highest BCUT2D eigenvalue weighted by Gasteiger charge is 2.25. The first kappa shape index (κ1) is 11.0. The number of nitrogens with zero attached hydrogens (tertiary/aromatic N) is 2. The zero-order valence-corrected chi connectivity index (χ0v) is 8.54. The smallest absolute Gasteiger partial charge is 0.321 e. The second-order valence-corrected chi connectivity index (χ2v) is 3.22. The summed E-state index contributed by atoms with van der Waals surface area (Å²) in [5.74, 6) is -0.799. The summed E-state index contributed by atoms with van der Waals surface area (Å²) in [7, 11) is 1.88. The van der Waals surface area contributed by atoms with Crippen LogP contribution in [0.3, 0.4) is 0 Å². The van der Waals surface area contributed by atoms with E-state index in [-0.39, 0.29) is 12.4 Å². The van der Waals surface area contributed by atoms with Crippen molar-refractivity contribution in [3.05, 3.63) is 17.7 Å². The molecule has 78 valence electrons. The van der Waals surface area contributed by atoms with Crippen LogP contribution in [0.15, 0.2) is 6.33 Å². The maximum absolute atomic E-state index is 10.7. The van der Waals surface area contributed by atoms with Crippen LogP contribution in [0.4, 0.5) is 0 Å². The lowest BCUT2D eigenvalue weighted by molar-refractivity contribution is -0.139. The van der Waals surface area contributed by atoms with Crippen molar-refractivity contribution < 1.29 is 9.90 Å². The molecule has 0 amide bonds. The van der Waals surface area contributed by atoms with Crippen LogP contribution in [-0.2, 0) is 24.8 Å². The molecule has 14 heavy (non-hydrogen) atoms. The van der Waals surface area contributed by atoms with Crippen LogP contribution in [-0.4, -0.2) is 26.7 Å². The van der Waals surface area contributed by atoms with Crippen molar-refractivity contribution in [2.45, 2.75) is 19.0 Å². The summed E-state index contributed by atoms with van der Waals surface area (Å²) in [4.78, 5) is 14.9. The van der Waals surface area contributed by atoms with E-state index in [9.17, 15) is 4.79 Å². The molecule has 0 bridgehead atoms. The van der Waals surface area contributed by atoms with Crippen LogP contribution in [0, 0.1) is 0 Å². The Morgan fingerprint density at radius 1 is 1.79 bits per heavy atom. The van der Waals surface area contributed by atoms with Crippen LogP contribution in [0.1, 0.15) is 11.4 Å². The first-order valence-electron chi connectivity index (χ1n) is 4.13. The normalized spacial score (nSPS) is 19.6. The van der Waals surface area contributed by atoms with Gasteiger partial charge in [-0.05, 0) is 0 Å². The molecule has 0 saturated heterocycles. The lowest BCUT2D eigenvalue weighted by atomic mass is 10.1. The average Bonchev–Trinajstić information content (AvgIpc) is 2.47. The Kier molecular flexibility index (Phi) is 3.13. The molecule has 5 nitrogen and oxygen atoms in total. The van der Waals surface area contributed by atoms with E-state index in [4.69, 9.17) is 5.11 Å². The third kappa shape index (κ3) is 1.73. The van der Waals surface area contributed by atoms with Gasteiger partial charge in [0.25, 0.3) is 0 Å². The van der Waals surface area contributed by atoms with Gasteiger partial charge in [-0.1, -0.05) is 0 Å². The second-order valence-electron chi connectivity index (χ2n) is 3.22. The molecule has 0 unspecified atom stereocenters. The molecule has 0 radical (unpaired) electrons. The minimum absolute atomic E-state index is 0. The molecule has 0 spiro atoms. The molecule has 2 heterocycles. The largest absolute Gasteiger partial charge is 0.480 e. The molecule has 0 aliphatic carbocycles. The van der Waals surface area contributed by atoms with Gasteiger partial charge in [-0.25, -0.2) is 4.98 Å². The van der Waals surface area contributed by atoms with E-state index in [1.54, 1.807) is 6.33 Å². The van der Waals surface area contributed by atoms with E-state index in [1.165, 1.54) is 0 Å². The second kappa shape index (κ2) is 3.98. The van der Waals surface area contributed by atoms with Gasteiger partial charge in [0.15, 0.2) is 0 Å². The number of imidazole rings is 1. The van der Waals surface area contributed by atoms with E-state index in [0.29, 0.717) is 13.0 Å². The number of carboxylic acid groups (broad SMARTS) is 1. The topological polar surface area (TPSA) is 67.2 Å². The van der Waals surface area contributed by atoms with E-state index < -0.39 is 12.0 Å². The van der Waals surface area contributed by atoms with Crippen LogP contribution in [0.2, 0.25) is 0 Å². The molecular formula is C8H12ClN3O2. The number of rotatable bonds is 1. The molecular weight excluding hydrogens is 206 g/mol. The predicted molar refractivity (Wildman–Crippen MR) is 52.4 cm³/mol. The highest BCUT2D eigenvalue weighted by Crippen LogP contribution is 2.14. The summed E-state index contributed by atoms with van der Waals surface area (Å²) < 4.78 is 1.88. The van der Waals surface area contributed by atoms with Gasteiger partial charge in [-0.2, -0.15) is 0 Å². The Balaban J connectivity index is 0.000000980. The Hall–Kier alpha value is -1.07. The molecule has 1 atom stereocenters. The zero-order valence-electron chi connectivity index (χ0n) is 7.73. The van der Waals surface area contributed by atoms with E-state index >= 15 is 0 Å². The lowest BCUT2D eigenvalue weighted by Crippen LogP contribution is -2.42. The number of carboxylic acids is 1. The van der Waals surface area contributed by atoms with Gasteiger partial charge in [-0.15, -0.1) is 12.4 Å². The molecule has 2 rings (SSSR count). The van der Waals surface area contributed by atoms with Crippen molar-refractivity contribution >= 4 is 18.4 Å². The van der Waals surface area contributed by atoms with E-state index in [2.05, 4.69) is 10.3 Å². The fourth-order valence-electron chi connectivity index (χ4n) is 1.57. The van der Waals surface area contributed by atoms with Crippen molar-refractivity contribution in [3.63, 3.8) is 0 Å². The zero-order chi connectivity index (χ0) is 9.42. The van der Waals surface area contributed by atoms with Crippen molar-refractivity contribution in [2.75, 3.05) is 0 Å². The molecule has 1 aromatic rings. The first-order valence-corrected chi connectivity index (χ1v) is 4.13. The van der Waals surface area contributed by atoms with Crippen LogP contribution >= 0.6 is 12.4 Å². The number of hydrogen-bond donors (Lipinski definition) is 2. The van der Waals surface area contributed by atoms with Gasteiger partial charge in [0.1, 0.15) is 6.04 Å². The van der Waals surface area contributed by atoms with Gasteiger partial charge in [0.2, 0.25) is 0 Å². The highest BCUT2D eigenvalue weighted by molar-refractivity contribution is 5.85. The van der Waals surface area contributed by atoms with Crippen molar-refractivity contribution in [1.29, 1.82) is 0 Å². The monoisotopic (exact) mass is 217 g/mol. The Bertz CT molecular complexity index is 350. The van der Waals surface area contributed by atoms with Crippen molar-refractivity contribution in [3.8, 4) is 0 Å². The molecule has 0 aromatic carbocycles. The number of aromatic nitrogens is 2. The van der Waals surface area contributed by atoms with E-state index in [1.807, 2.05) is 11.6 Å². The standard InChI is InChI=1S/C8H11N3O2.ClH/c1-11-4-10-6-3-9-5(8(12)13)2-7(6)11;/h4-5,9H,2-3H2,1H3,(H,12,13);1H/t5-;/m1./s1. The summed E-state index contributed by atoms with van der Waals surface area (Å²) in [5.41, 5.74) is 1.98. The molecule has 0 saturated carbocycles. The maximum atomic E-state index is 10.7. The van der Waals surface area contributed by atoms with Crippen LogP contribution in [0.5, 0.6) is 0 Å². The summed E-state index contributed by atoms with van der Waals surface area (Å²) in [6, 6.07) is -0.470. The number of halogens is 1. The molecule has 1 aliphatic heterocycles. The summed E-state index contributed by atoms with van der Waals surface area (Å²) in [6.45, 7) is 0.549. The number of aliphatic carboxylic acids is 1. The van der Waals surface area contributed by atoms with Gasteiger partial charge in [0.05, 0.1) is 12.0 Å². The minimum Gasteiger partial charge on any atom is -0.480 e. The maximum Gasteiger partial charge on any atom is 0.321 e. The molecule has 0 fully saturated rings. The fraction of sp³-hybridized carbons (Fsp3) is 0.500. The summed E-state index contributed by atoms with van der Waals surface area (Å²) in [6.07, 6.45) is 2.23. The number of aryl methyl sites for hydroxylation is 1. The molecule has 6 heteroatoms. The SMILES string of the molecule is Cl.Cn1cnc2c1C[C@H](C(=O)O)NC2. The van der Waals surface area contributed by atoms with Crippen LogP contribution < -0.4 is 5.32 Å². The Labute approximate surface area is 87.5 Å². The summed E-state index contributed by atoms with van der Waals surface area (Å²) >= 11 is 0. The first-order chi connectivity index (χ1) is 6.18. The van der Waals surface area contributed by atoms with Gasteiger partial charge in [-0.3, -0.25) is 10.1 Å². The summed E-state index contributed by atoms with van der Waals surface area (Å²) in [5, 5.41) is 11.7. The van der Waals surface area contributed by atoms with Crippen molar-refractivity contribution in [2.24, 2.45) is 7.05 Å². The number of hydrogen-bond acceptors (Lipinski definition) is 3. The lowest BCUT2D eigenvalue weighted by Gasteiger charge is -2.20. The Morgan fingerprint density at radius 3 is 3.14 bits per heavy atom. The van der Waals surface area contributed by atoms with Crippen molar-refractivity contribution in [1.82, 2.24) is 14.9 Å². The average molecular weight is 218 g/mol.